The largest absolute Gasteiger partial charge is 0.481 e. The summed E-state index contributed by atoms with van der Waals surface area (Å²) in [5.41, 5.74) is 1.85. The summed E-state index contributed by atoms with van der Waals surface area (Å²) in [5.74, 6) is -1.37. The van der Waals surface area contributed by atoms with Crippen molar-refractivity contribution in [3.05, 3.63) is 44.0 Å². The van der Waals surface area contributed by atoms with Crippen molar-refractivity contribution in [3.63, 3.8) is 0 Å². The lowest BCUT2D eigenvalue weighted by molar-refractivity contribution is -0.141. The van der Waals surface area contributed by atoms with Gasteiger partial charge in [-0.05, 0) is 25.8 Å². The lowest BCUT2D eigenvalue weighted by Gasteiger charge is -2.16. The van der Waals surface area contributed by atoms with Crippen LogP contribution in [-0.2, 0) is 17.8 Å². The van der Waals surface area contributed by atoms with Crippen molar-refractivity contribution in [2.45, 2.75) is 33.7 Å². The maximum atomic E-state index is 12.1. The fraction of sp³-hybridized carbons (Fsp3) is 0.429. The maximum Gasteiger partial charge on any atom is 0.348 e. The topological polar surface area (TPSA) is 85.1 Å². The van der Waals surface area contributed by atoms with E-state index in [2.05, 4.69) is 9.97 Å². The number of aryl methyl sites for hydroxylation is 1. The van der Waals surface area contributed by atoms with Crippen molar-refractivity contribution < 1.29 is 9.90 Å². The molecule has 112 valence electrons. The van der Waals surface area contributed by atoms with Gasteiger partial charge in [-0.3, -0.25) is 9.36 Å². The summed E-state index contributed by atoms with van der Waals surface area (Å²) in [6, 6.07) is 0. The van der Waals surface area contributed by atoms with Crippen LogP contribution in [0.4, 0.5) is 0 Å². The van der Waals surface area contributed by atoms with Gasteiger partial charge in [-0.25, -0.2) is 9.78 Å². The van der Waals surface area contributed by atoms with Gasteiger partial charge in [-0.15, -0.1) is 11.3 Å². The Bertz CT molecular complexity index is 707. The van der Waals surface area contributed by atoms with Crippen LogP contribution < -0.4 is 5.69 Å². The molecule has 0 aliphatic rings. The number of aromatic nitrogens is 3. The molecule has 0 bridgehead atoms. The van der Waals surface area contributed by atoms with Crippen molar-refractivity contribution in [1.82, 2.24) is 14.5 Å². The van der Waals surface area contributed by atoms with Crippen LogP contribution in [0.1, 0.15) is 28.9 Å². The minimum atomic E-state index is -0.855. The highest BCUT2D eigenvalue weighted by Crippen LogP contribution is 2.16. The molecule has 0 amide bonds. The van der Waals surface area contributed by atoms with E-state index in [9.17, 15) is 9.59 Å². The average molecular weight is 307 g/mol. The first-order valence-electron chi connectivity index (χ1n) is 6.58. The van der Waals surface area contributed by atoms with E-state index >= 15 is 0 Å². The third-order valence-electron chi connectivity index (χ3n) is 3.48. The van der Waals surface area contributed by atoms with Gasteiger partial charge >= 0.3 is 11.7 Å². The van der Waals surface area contributed by atoms with Crippen molar-refractivity contribution in [3.8, 4) is 0 Å². The van der Waals surface area contributed by atoms with Crippen molar-refractivity contribution >= 4 is 17.3 Å². The number of carbonyl (C=O) groups is 1. The van der Waals surface area contributed by atoms with Crippen molar-refractivity contribution in [2.75, 3.05) is 0 Å². The summed E-state index contributed by atoms with van der Waals surface area (Å²) in [6.07, 6.45) is 2.05. The van der Waals surface area contributed by atoms with Gasteiger partial charge in [-0.1, -0.05) is 6.92 Å². The Kier molecular flexibility index (Phi) is 4.52. The van der Waals surface area contributed by atoms with E-state index in [1.54, 1.807) is 24.6 Å². The van der Waals surface area contributed by atoms with E-state index < -0.39 is 11.9 Å². The van der Waals surface area contributed by atoms with Gasteiger partial charge in [0.2, 0.25) is 0 Å². The van der Waals surface area contributed by atoms with Crippen LogP contribution in [0.5, 0.6) is 0 Å². The minimum Gasteiger partial charge on any atom is -0.481 e. The van der Waals surface area contributed by atoms with E-state index in [1.165, 1.54) is 11.3 Å². The highest BCUT2D eigenvalue weighted by Gasteiger charge is 2.18. The van der Waals surface area contributed by atoms with Gasteiger partial charge in [0.1, 0.15) is 5.01 Å². The highest BCUT2D eigenvalue weighted by molar-refractivity contribution is 7.09. The SMILES string of the molecule is Cc1nc(=O)n(Cc2nccs2)c(C)c1CC(C)C(=O)O. The quantitative estimate of drug-likeness (QED) is 0.907. The molecule has 2 aromatic rings. The second kappa shape index (κ2) is 6.17. The molecule has 6 nitrogen and oxygen atoms in total. The molecular weight excluding hydrogens is 290 g/mol. The second-order valence-electron chi connectivity index (χ2n) is 5.00. The molecule has 0 spiro atoms. The first-order valence-corrected chi connectivity index (χ1v) is 7.46. The van der Waals surface area contributed by atoms with Gasteiger partial charge < -0.3 is 5.11 Å². The van der Waals surface area contributed by atoms with Gasteiger partial charge in [-0.2, -0.15) is 4.98 Å². The van der Waals surface area contributed by atoms with E-state index in [0.29, 0.717) is 18.7 Å². The van der Waals surface area contributed by atoms with Crippen molar-refractivity contribution in [1.29, 1.82) is 0 Å². The molecule has 0 radical (unpaired) electrons. The van der Waals surface area contributed by atoms with Crippen LogP contribution >= 0.6 is 11.3 Å². The standard InChI is InChI=1S/C14H17N3O3S/c1-8(13(18)19)6-11-9(2)16-14(20)17(10(11)3)7-12-15-4-5-21-12/h4-5,8H,6-7H2,1-3H3,(H,18,19). The summed E-state index contributed by atoms with van der Waals surface area (Å²) in [6.45, 7) is 5.58. The Hall–Kier alpha value is -2.02. The zero-order valence-electron chi connectivity index (χ0n) is 12.2. The van der Waals surface area contributed by atoms with Crippen LogP contribution in [0.3, 0.4) is 0 Å². The summed E-state index contributed by atoms with van der Waals surface area (Å²) in [7, 11) is 0. The molecule has 2 heterocycles. The number of carboxylic acid groups (broad SMARTS) is 1. The van der Waals surface area contributed by atoms with Crippen LogP contribution in [0.2, 0.25) is 0 Å². The normalized spacial score (nSPS) is 12.3. The molecule has 0 aliphatic carbocycles. The molecule has 21 heavy (non-hydrogen) atoms. The Morgan fingerprint density at radius 3 is 2.76 bits per heavy atom. The van der Waals surface area contributed by atoms with Crippen LogP contribution in [-0.4, -0.2) is 25.6 Å². The lowest BCUT2D eigenvalue weighted by Crippen LogP contribution is -2.29. The van der Waals surface area contributed by atoms with E-state index in [4.69, 9.17) is 5.11 Å². The summed E-state index contributed by atoms with van der Waals surface area (Å²) < 4.78 is 1.55. The number of rotatable bonds is 5. The Balaban J connectivity index is 2.42. The highest BCUT2D eigenvalue weighted by atomic mass is 32.1. The van der Waals surface area contributed by atoms with Gasteiger partial charge in [0.25, 0.3) is 0 Å². The molecule has 0 aromatic carbocycles. The number of carboxylic acids is 1. The second-order valence-corrected chi connectivity index (χ2v) is 5.98. The predicted octanol–water partition coefficient (Wildman–Crippen LogP) is 1.63. The fourth-order valence-electron chi connectivity index (χ4n) is 2.18. The summed E-state index contributed by atoms with van der Waals surface area (Å²) in [5, 5.41) is 11.7. The zero-order chi connectivity index (χ0) is 15.6. The predicted molar refractivity (Wildman–Crippen MR) is 79.7 cm³/mol. The molecule has 7 heteroatoms. The van der Waals surface area contributed by atoms with E-state index in [-0.39, 0.29) is 5.69 Å². The molecule has 0 aliphatic heterocycles. The molecule has 0 saturated carbocycles. The third kappa shape index (κ3) is 3.36. The first-order chi connectivity index (χ1) is 9.90. The Morgan fingerprint density at radius 2 is 2.19 bits per heavy atom. The smallest absolute Gasteiger partial charge is 0.348 e. The van der Waals surface area contributed by atoms with Gasteiger partial charge in [0, 0.05) is 23.0 Å². The Labute approximate surface area is 126 Å². The maximum absolute atomic E-state index is 12.1. The van der Waals surface area contributed by atoms with Crippen LogP contribution in [0.25, 0.3) is 0 Å². The van der Waals surface area contributed by atoms with Gasteiger partial charge in [0.15, 0.2) is 0 Å². The third-order valence-corrected chi connectivity index (χ3v) is 4.25. The average Bonchev–Trinajstić information content (AvgIpc) is 2.92. The number of hydrogen-bond acceptors (Lipinski definition) is 5. The molecular formula is C14H17N3O3S. The summed E-state index contributed by atoms with van der Waals surface area (Å²) >= 11 is 1.47. The molecule has 2 rings (SSSR count). The first kappa shape index (κ1) is 15.4. The zero-order valence-corrected chi connectivity index (χ0v) is 13.0. The lowest BCUT2D eigenvalue weighted by atomic mass is 9.99. The van der Waals surface area contributed by atoms with Gasteiger partial charge in [0.05, 0.1) is 12.5 Å². The van der Waals surface area contributed by atoms with Crippen LogP contribution in [0.15, 0.2) is 16.4 Å². The van der Waals surface area contributed by atoms with E-state index in [1.807, 2.05) is 12.3 Å². The molecule has 0 saturated heterocycles. The fourth-order valence-corrected chi connectivity index (χ4v) is 2.79. The monoisotopic (exact) mass is 307 g/mol. The Morgan fingerprint density at radius 1 is 1.48 bits per heavy atom. The summed E-state index contributed by atoms with van der Waals surface area (Å²) in [4.78, 5) is 31.3. The minimum absolute atomic E-state index is 0.327. The molecule has 1 N–H and O–H groups in total. The molecule has 1 atom stereocenters. The number of aliphatic carboxylic acids is 1. The number of hydrogen-bond donors (Lipinski definition) is 1. The van der Waals surface area contributed by atoms with Crippen LogP contribution in [0, 0.1) is 19.8 Å². The van der Waals surface area contributed by atoms with Crippen molar-refractivity contribution in [2.24, 2.45) is 5.92 Å². The number of nitrogens with zero attached hydrogens (tertiary/aromatic N) is 3. The molecule has 0 fully saturated rings. The molecule has 2 aromatic heterocycles. The van der Waals surface area contributed by atoms with E-state index in [0.717, 1.165) is 16.3 Å². The molecule has 1 unspecified atom stereocenters. The number of thiazole rings is 1.